The van der Waals surface area contributed by atoms with Crippen molar-refractivity contribution < 1.29 is 28.7 Å². The van der Waals surface area contributed by atoms with Gasteiger partial charge < -0.3 is 14.8 Å². The molecule has 9 heteroatoms. The summed E-state index contributed by atoms with van der Waals surface area (Å²) in [7, 11) is 0. The highest BCUT2D eigenvalue weighted by atomic mass is 32.2. The van der Waals surface area contributed by atoms with E-state index in [-0.39, 0.29) is 40.7 Å². The molecule has 1 N–H and O–H groups in total. The van der Waals surface area contributed by atoms with Crippen LogP contribution in [0.5, 0.6) is 0 Å². The Labute approximate surface area is 178 Å². The number of hydrogen-bond donors (Lipinski definition) is 1. The quantitative estimate of drug-likeness (QED) is 0.685. The van der Waals surface area contributed by atoms with Crippen LogP contribution in [0.4, 0.5) is 0 Å². The van der Waals surface area contributed by atoms with Crippen LogP contribution in [0.15, 0.2) is 34.7 Å². The number of nitrogens with one attached hydrogen (secondary N) is 1. The number of morpholine rings is 1. The lowest BCUT2D eigenvalue weighted by Crippen LogP contribution is -2.60. The number of carbonyl (C=O) groups is 4. The monoisotopic (exact) mass is 430 g/mol. The molecule has 2 aliphatic heterocycles. The van der Waals surface area contributed by atoms with Crippen LogP contribution in [0.2, 0.25) is 0 Å². The van der Waals surface area contributed by atoms with Crippen molar-refractivity contribution in [1.82, 2.24) is 10.2 Å². The third kappa shape index (κ3) is 3.46. The van der Waals surface area contributed by atoms with Crippen LogP contribution >= 0.6 is 11.8 Å². The molecule has 1 aromatic carbocycles. The smallest absolute Gasteiger partial charge is 0.337 e. The zero-order valence-electron chi connectivity index (χ0n) is 16.6. The molecule has 0 radical (unpaired) electrons. The van der Waals surface area contributed by atoms with E-state index in [0.29, 0.717) is 31.9 Å². The van der Waals surface area contributed by atoms with Gasteiger partial charge in [-0.3, -0.25) is 19.3 Å². The second kappa shape index (κ2) is 8.33. The maximum Gasteiger partial charge on any atom is 0.337 e. The highest BCUT2D eigenvalue weighted by Gasteiger charge is 2.56. The number of thioether (sulfide) groups is 1. The Balaban J connectivity index is 1.69. The van der Waals surface area contributed by atoms with Crippen LogP contribution < -0.4 is 5.32 Å². The normalized spacial score (nSPS) is 23.8. The van der Waals surface area contributed by atoms with Gasteiger partial charge in [-0.2, -0.15) is 0 Å². The minimum absolute atomic E-state index is 0.0185. The van der Waals surface area contributed by atoms with Crippen LogP contribution in [-0.2, 0) is 19.1 Å². The number of ketones is 2. The molecule has 0 aromatic heterocycles. The molecule has 158 valence electrons. The van der Waals surface area contributed by atoms with E-state index < -0.39 is 23.2 Å². The first-order valence-electron chi connectivity index (χ1n) is 9.82. The molecule has 1 fully saturated rings. The van der Waals surface area contributed by atoms with Gasteiger partial charge in [0.25, 0.3) is 0 Å². The molecule has 0 saturated carbocycles. The Bertz CT molecular complexity index is 953. The SMILES string of the molecule is CCOC(=O)C1(NC(=O)CN2CCOCC2)CSC2=C1C(=O)c1ccccc1C2=O. The molecule has 4 rings (SSSR count). The molecular formula is C21H22N2O6S. The van der Waals surface area contributed by atoms with Gasteiger partial charge in [0, 0.05) is 30.0 Å². The minimum atomic E-state index is -1.68. The zero-order valence-corrected chi connectivity index (χ0v) is 17.4. The summed E-state index contributed by atoms with van der Waals surface area (Å²) < 4.78 is 10.5. The zero-order chi connectivity index (χ0) is 21.3. The number of benzene rings is 1. The maximum atomic E-state index is 13.3. The minimum Gasteiger partial charge on any atom is -0.464 e. The fraction of sp³-hybridized carbons (Fsp3) is 0.429. The topological polar surface area (TPSA) is 102 Å². The summed E-state index contributed by atoms with van der Waals surface area (Å²) in [6.45, 7) is 4.08. The van der Waals surface area contributed by atoms with E-state index in [4.69, 9.17) is 9.47 Å². The number of allylic oxidation sites excluding steroid dienone is 1. The van der Waals surface area contributed by atoms with Crippen LogP contribution in [-0.4, -0.2) is 79.1 Å². The van der Waals surface area contributed by atoms with Crippen molar-refractivity contribution in [2.45, 2.75) is 12.5 Å². The number of amides is 1. The van der Waals surface area contributed by atoms with Gasteiger partial charge in [-0.15, -0.1) is 11.8 Å². The molecular weight excluding hydrogens is 408 g/mol. The molecule has 30 heavy (non-hydrogen) atoms. The highest BCUT2D eigenvalue weighted by molar-refractivity contribution is 8.04. The summed E-state index contributed by atoms with van der Waals surface area (Å²) in [6, 6.07) is 6.52. The predicted octanol–water partition coefficient (Wildman–Crippen LogP) is 0.817. The highest BCUT2D eigenvalue weighted by Crippen LogP contribution is 2.46. The average Bonchev–Trinajstić information content (AvgIpc) is 3.13. The lowest BCUT2D eigenvalue weighted by atomic mass is 9.79. The van der Waals surface area contributed by atoms with Gasteiger partial charge in [-0.05, 0) is 6.92 Å². The Morgan fingerprint density at radius 2 is 1.83 bits per heavy atom. The van der Waals surface area contributed by atoms with E-state index >= 15 is 0 Å². The van der Waals surface area contributed by atoms with Gasteiger partial charge in [0.2, 0.25) is 11.7 Å². The Kier molecular flexibility index (Phi) is 5.77. The van der Waals surface area contributed by atoms with Crippen molar-refractivity contribution in [3.05, 3.63) is 45.9 Å². The van der Waals surface area contributed by atoms with Crippen molar-refractivity contribution in [2.75, 3.05) is 45.2 Å². The molecule has 1 saturated heterocycles. The predicted molar refractivity (Wildman–Crippen MR) is 109 cm³/mol. The van der Waals surface area contributed by atoms with Gasteiger partial charge in [0.15, 0.2) is 11.3 Å². The summed E-state index contributed by atoms with van der Waals surface area (Å²) in [6.07, 6.45) is 0. The lowest BCUT2D eigenvalue weighted by Gasteiger charge is -2.32. The fourth-order valence-electron chi connectivity index (χ4n) is 3.94. The van der Waals surface area contributed by atoms with Crippen molar-refractivity contribution in [3.63, 3.8) is 0 Å². The standard InChI is InChI=1S/C21H22N2O6S/c1-2-29-20(27)21(22-15(24)11-23-7-9-28-10-8-23)12-30-19-16(21)17(25)13-5-3-4-6-14(13)18(19)26/h3-6H,2,7-12H2,1H3,(H,22,24). The van der Waals surface area contributed by atoms with Crippen LogP contribution in [0.1, 0.15) is 27.6 Å². The summed E-state index contributed by atoms with van der Waals surface area (Å²) in [4.78, 5) is 54.3. The maximum absolute atomic E-state index is 13.3. The van der Waals surface area contributed by atoms with Crippen molar-refractivity contribution in [3.8, 4) is 0 Å². The molecule has 1 aliphatic carbocycles. The summed E-state index contributed by atoms with van der Waals surface area (Å²) >= 11 is 1.11. The molecule has 0 spiro atoms. The van der Waals surface area contributed by atoms with Gasteiger partial charge in [-0.25, -0.2) is 4.79 Å². The molecule has 8 nitrogen and oxygen atoms in total. The molecule has 0 bridgehead atoms. The number of hydrogen-bond acceptors (Lipinski definition) is 8. The van der Waals surface area contributed by atoms with Gasteiger partial charge >= 0.3 is 5.97 Å². The molecule has 3 aliphatic rings. The summed E-state index contributed by atoms with van der Waals surface area (Å²) in [5.74, 6) is -1.82. The van der Waals surface area contributed by atoms with E-state index in [1.54, 1.807) is 31.2 Å². The number of ether oxygens (including phenoxy) is 2. The fourth-order valence-corrected chi connectivity index (χ4v) is 5.28. The van der Waals surface area contributed by atoms with E-state index in [9.17, 15) is 19.2 Å². The van der Waals surface area contributed by atoms with E-state index in [1.165, 1.54) is 0 Å². The molecule has 1 unspecified atom stereocenters. The second-order valence-corrected chi connectivity index (χ2v) is 8.24. The second-order valence-electron chi connectivity index (χ2n) is 7.26. The van der Waals surface area contributed by atoms with E-state index in [0.717, 1.165) is 11.8 Å². The number of rotatable bonds is 5. The van der Waals surface area contributed by atoms with Crippen LogP contribution in [0.25, 0.3) is 0 Å². The van der Waals surface area contributed by atoms with E-state index in [1.807, 2.05) is 4.90 Å². The number of carbonyl (C=O) groups excluding carboxylic acids is 4. The third-order valence-electron chi connectivity index (χ3n) is 5.38. The van der Waals surface area contributed by atoms with Gasteiger partial charge in [0.05, 0.1) is 36.8 Å². The van der Waals surface area contributed by atoms with Crippen LogP contribution in [0.3, 0.4) is 0 Å². The van der Waals surface area contributed by atoms with Gasteiger partial charge in [0.1, 0.15) is 0 Å². The van der Waals surface area contributed by atoms with Crippen molar-refractivity contribution in [2.24, 2.45) is 0 Å². The lowest BCUT2D eigenvalue weighted by molar-refractivity contribution is -0.150. The Morgan fingerprint density at radius 3 is 2.50 bits per heavy atom. The van der Waals surface area contributed by atoms with Crippen molar-refractivity contribution in [1.29, 1.82) is 0 Å². The van der Waals surface area contributed by atoms with E-state index in [2.05, 4.69) is 5.32 Å². The number of nitrogens with zero attached hydrogens (tertiary/aromatic N) is 1. The molecule has 1 aromatic rings. The Hall–Kier alpha value is -2.49. The van der Waals surface area contributed by atoms with Crippen LogP contribution in [0, 0.1) is 0 Å². The largest absolute Gasteiger partial charge is 0.464 e. The first-order chi connectivity index (χ1) is 14.5. The average molecular weight is 430 g/mol. The number of esters is 1. The first-order valence-corrected chi connectivity index (χ1v) is 10.8. The molecule has 1 atom stereocenters. The molecule has 1 amide bonds. The number of fused-ring (bicyclic) bond motifs is 1. The summed E-state index contributed by atoms with van der Waals surface area (Å²) in [5, 5.41) is 2.76. The number of Topliss-reactive ketones (excluding diaryl/α,β-unsaturated/α-hetero) is 2. The first kappa shape index (κ1) is 20.8. The third-order valence-corrected chi connectivity index (χ3v) is 6.64. The molecule has 2 heterocycles. The van der Waals surface area contributed by atoms with Crippen molar-refractivity contribution >= 4 is 35.2 Å². The van der Waals surface area contributed by atoms with Gasteiger partial charge in [-0.1, -0.05) is 24.3 Å². The summed E-state index contributed by atoms with van der Waals surface area (Å²) in [5.41, 5.74) is -1.11. The Morgan fingerprint density at radius 1 is 1.17 bits per heavy atom.